The van der Waals surface area contributed by atoms with E-state index in [9.17, 15) is 13.2 Å². The predicted octanol–water partition coefficient (Wildman–Crippen LogP) is 0.0236. The van der Waals surface area contributed by atoms with E-state index in [0.717, 1.165) is 11.8 Å². The molecule has 0 saturated heterocycles. The molecule has 7 heteroatoms. The van der Waals surface area contributed by atoms with E-state index in [2.05, 4.69) is 10.0 Å². The Bertz CT molecular complexity index is 496. The molecule has 0 saturated carbocycles. The molecule has 3 N–H and O–H groups in total. The monoisotopic (exact) mass is 272 g/mol. The average Bonchev–Trinajstić information content (AvgIpc) is 2.27. The molecular weight excluding hydrogens is 256 g/mol. The van der Waals surface area contributed by atoms with Gasteiger partial charge in [-0.2, -0.15) is 0 Å². The molecule has 0 radical (unpaired) electrons. The summed E-state index contributed by atoms with van der Waals surface area (Å²) in [5, 5.41) is 11.8. The highest BCUT2D eigenvalue weighted by molar-refractivity contribution is 7.88. The summed E-state index contributed by atoms with van der Waals surface area (Å²) in [7, 11) is -3.14. The Hall–Kier alpha value is -1.44. The fourth-order valence-electron chi connectivity index (χ4n) is 1.32. The molecule has 0 aromatic heterocycles. The molecule has 0 amide bonds. The van der Waals surface area contributed by atoms with E-state index < -0.39 is 16.0 Å². The summed E-state index contributed by atoms with van der Waals surface area (Å²) in [4.78, 5) is 10.6. The van der Waals surface area contributed by atoms with Gasteiger partial charge in [0.05, 0.1) is 11.8 Å². The van der Waals surface area contributed by atoms with Gasteiger partial charge in [0.25, 0.3) is 0 Å². The smallest absolute Gasteiger partial charge is 0.335 e. The molecule has 0 bridgehead atoms. The molecule has 6 nitrogen and oxygen atoms in total. The molecule has 0 fully saturated rings. The van der Waals surface area contributed by atoms with Crippen LogP contribution in [0.4, 0.5) is 0 Å². The maximum Gasteiger partial charge on any atom is 0.335 e. The maximum absolute atomic E-state index is 10.8. The van der Waals surface area contributed by atoms with Crippen molar-refractivity contribution < 1.29 is 18.3 Å². The second-order valence-electron chi connectivity index (χ2n) is 3.85. The lowest BCUT2D eigenvalue weighted by Crippen LogP contribution is -2.30. The third-order valence-electron chi connectivity index (χ3n) is 2.20. The van der Waals surface area contributed by atoms with Gasteiger partial charge in [0, 0.05) is 19.6 Å². The zero-order valence-electron chi connectivity index (χ0n) is 10.0. The van der Waals surface area contributed by atoms with Gasteiger partial charge in [0.15, 0.2) is 0 Å². The summed E-state index contributed by atoms with van der Waals surface area (Å²) in [6.07, 6.45) is 1.11. The second-order valence-corrected chi connectivity index (χ2v) is 5.68. The molecule has 0 spiro atoms. The largest absolute Gasteiger partial charge is 0.478 e. The first kappa shape index (κ1) is 14.6. The van der Waals surface area contributed by atoms with Crippen molar-refractivity contribution in [3.05, 3.63) is 35.4 Å². The van der Waals surface area contributed by atoms with Crippen molar-refractivity contribution in [3.63, 3.8) is 0 Å². The Kier molecular flexibility index (Phi) is 5.26. The summed E-state index contributed by atoms with van der Waals surface area (Å²) in [5.41, 5.74) is 1.19. The van der Waals surface area contributed by atoms with E-state index in [-0.39, 0.29) is 5.56 Å². The third kappa shape index (κ3) is 5.76. The lowest BCUT2D eigenvalue weighted by molar-refractivity contribution is 0.0697. The first-order chi connectivity index (χ1) is 8.38. The number of benzene rings is 1. The number of carbonyl (C=O) groups is 1. The standard InChI is InChI=1S/C11H16N2O4S/c1-18(16,17)13-7-6-12-8-9-2-4-10(5-3-9)11(14)15/h2-5,12-13H,6-8H2,1H3,(H,14,15). The van der Waals surface area contributed by atoms with Gasteiger partial charge in [-0.05, 0) is 17.7 Å². The van der Waals surface area contributed by atoms with E-state index in [1.807, 2.05) is 0 Å². The average molecular weight is 272 g/mol. The summed E-state index contributed by atoms with van der Waals surface area (Å²) >= 11 is 0. The fourth-order valence-corrected chi connectivity index (χ4v) is 1.80. The van der Waals surface area contributed by atoms with Crippen molar-refractivity contribution in [1.82, 2.24) is 10.0 Å². The maximum atomic E-state index is 10.8. The van der Waals surface area contributed by atoms with Crippen LogP contribution < -0.4 is 10.0 Å². The Morgan fingerprint density at radius 1 is 1.22 bits per heavy atom. The molecule has 100 valence electrons. The van der Waals surface area contributed by atoms with Crippen LogP contribution in [-0.2, 0) is 16.6 Å². The van der Waals surface area contributed by atoms with Crippen molar-refractivity contribution in [2.75, 3.05) is 19.3 Å². The van der Waals surface area contributed by atoms with Gasteiger partial charge < -0.3 is 10.4 Å². The minimum atomic E-state index is -3.14. The highest BCUT2D eigenvalue weighted by Crippen LogP contribution is 2.03. The number of carboxylic acids is 1. The number of nitrogens with one attached hydrogen (secondary N) is 2. The summed E-state index contributed by atoms with van der Waals surface area (Å²) in [6, 6.07) is 6.52. The Morgan fingerprint density at radius 3 is 2.33 bits per heavy atom. The molecule has 0 aliphatic heterocycles. The third-order valence-corrected chi connectivity index (χ3v) is 2.92. The molecule has 1 rings (SSSR count). The number of hydrogen-bond acceptors (Lipinski definition) is 4. The van der Waals surface area contributed by atoms with Crippen molar-refractivity contribution in [1.29, 1.82) is 0 Å². The van der Waals surface area contributed by atoms with Crippen molar-refractivity contribution in [3.8, 4) is 0 Å². The van der Waals surface area contributed by atoms with E-state index in [1.54, 1.807) is 12.1 Å². The predicted molar refractivity (Wildman–Crippen MR) is 68.0 cm³/mol. The highest BCUT2D eigenvalue weighted by atomic mass is 32.2. The highest BCUT2D eigenvalue weighted by Gasteiger charge is 2.01. The lowest BCUT2D eigenvalue weighted by Gasteiger charge is -2.05. The topological polar surface area (TPSA) is 95.5 Å². The summed E-state index contributed by atoms with van der Waals surface area (Å²) in [5.74, 6) is -0.952. The van der Waals surface area contributed by atoms with Crippen LogP contribution in [0.5, 0.6) is 0 Å². The van der Waals surface area contributed by atoms with Crippen molar-refractivity contribution in [2.45, 2.75) is 6.54 Å². The van der Waals surface area contributed by atoms with Crippen LogP contribution >= 0.6 is 0 Å². The number of hydrogen-bond donors (Lipinski definition) is 3. The van der Waals surface area contributed by atoms with Crippen LogP contribution in [0.2, 0.25) is 0 Å². The molecule has 0 aliphatic carbocycles. The molecule has 0 heterocycles. The van der Waals surface area contributed by atoms with Gasteiger partial charge >= 0.3 is 5.97 Å². The number of rotatable bonds is 7. The number of sulfonamides is 1. The Labute approximate surface area is 106 Å². The Morgan fingerprint density at radius 2 is 1.83 bits per heavy atom. The zero-order valence-corrected chi connectivity index (χ0v) is 10.8. The number of carboxylic acid groups (broad SMARTS) is 1. The molecule has 18 heavy (non-hydrogen) atoms. The Balaban J connectivity index is 2.29. The molecule has 1 aromatic rings. The van der Waals surface area contributed by atoms with E-state index in [4.69, 9.17) is 5.11 Å². The molecule has 0 atom stereocenters. The van der Waals surface area contributed by atoms with Gasteiger partial charge in [-0.25, -0.2) is 17.9 Å². The first-order valence-corrected chi connectivity index (χ1v) is 7.25. The van der Waals surface area contributed by atoms with Crippen LogP contribution in [0.1, 0.15) is 15.9 Å². The van der Waals surface area contributed by atoms with Crippen LogP contribution in [0.15, 0.2) is 24.3 Å². The lowest BCUT2D eigenvalue weighted by atomic mass is 10.1. The molecule has 0 unspecified atom stereocenters. The quantitative estimate of drug-likeness (QED) is 0.608. The minimum absolute atomic E-state index is 0.248. The van der Waals surface area contributed by atoms with Gasteiger partial charge in [-0.15, -0.1) is 0 Å². The van der Waals surface area contributed by atoms with Gasteiger partial charge in [0.2, 0.25) is 10.0 Å². The zero-order chi connectivity index (χ0) is 13.6. The van der Waals surface area contributed by atoms with E-state index >= 15 is 0 Å². The SMILES string of the molecule is CS(=O)(=O)NCCNCc1ccc(C(=O)O)cc1. The fraction of sp³-hybridized carbons (Fsp3) is 0.364. The van der Waals surface area contributed by atoms with Crippen LogP contribution in [0, 0.1) is 0 Å². The first-order valence-electron chi connectivity index (χ1n) is 5.36. The molecular formula is C11H16N2O4S. The van der Waals surface area contributed by atoms with Crippen LogP contribution in [-0.4, -0.2) is 38.8 Å². The van der Waals surface area contributed by atoms with Gasteiger partial charge in [-0.3, -0.25) is 0 Å². The summed E-state index contributed by atoms with van der Waals surface area (Å²) < 4.78 is 23.9. The van der Waals surface area contributed by atoms with Gasteiger partial charge in [-0.1, -0.05) is 12.1 Å². The van der Waals surface area contributed by atoms with Crippen molar-refractivity contribution in [2.24, 2.45) is 0 Å². The van der Waals surface area contributed by atoms with Crippen LogP contribution in [0.3, 0.4) is 0 Å². The van der Waals surface area contributed by atoms with E-state index in [0.29, 0.717) is 19.6 Å². The minimum Gasteiger partial charge on any atom is -0.478 e. The summed E-state index contributed by atoms with van der Waals surface area (Å²) in [6.45, 7) is 1.39. The van der Waals surface area contributed by atoms with E-state index in [1.165, 1.54) is 12.1 Å². The van der Waals surface area contributed by atoms with Crippen LogP contribution in [0.25, 0.3) is 0 Å². The second kappa shape index (κ2) is 6.48. The van der Waals surface area contributed by atoms with Gasteiger partial charge in [0.1, 0.15) is 0 Å². The normalized spacial score (nSPS) is 11.4. The molecule has 1 aromatic carbocycles. The molecule has 0 aliphatic rings. The number of aromatic carboxylic acids is 1. The van der Waals surface area contributed by atoms with Crippen molar-refractivity contribution >= 4 is 16.0 Å².